The first kappa shape index (κ1) is 22.8. The van der Waals surface area contributed by atoms with E-state index in [0.717, 1.165) is 5.56 Å². The molecule has 1 heterocycles. The number of nitrogens with one attached hydrogen (secondary N) is 4. The molecule has 0 saturated carbocycles. The van der Waals surface area contributed by atoms with Gasteiger partial charge in [-0.1, -0.05) is 42.5 Å². The number of hydrogen-bond acceptors (Lipinski definition) is 5. The number of carbonyl (C=O) groups is 4. The Bertz CT molecular complexity index is 978. The van der Waals surface area contributed by atoms with Crippen LogP contribution < -0.4 is 21.3 Å². The normalized spacial score (nSPS) is 22.5. The van der Waals surface area contributed by atoms with E-state index in [1.807, 2.05) is 30.3 Å². The van der Waals surface area contributed by atoms with Crippen LogP contribution in [0.25, 0.3) is 0 Å². The quantitative estimate of drug-likeness (QED) is 0.450. The van der Waals surface area contributed by atoms with Crippen LogP contribution in [0.2, 0.25) is 0 Å². The average molecular weight is 438 g/mol. The lowest BCUT2D eigenvalue weighted by Crippen LogP contribution is -2.59. The van der Waals surface area contributed by atoms with Gasteiger partial charge in [0.05, 0.1) is 6.54 Å². The van der Waals surface area contributed by atoms with Gasteiger partial charge in [-0.15, -0.1) is 0 Å². The van der Waals surface area contributed by atoms with Crippen LogP contribution in [0.15, 0.2) is 54.6 Å². The molecule has 1 aliphatic rings. The average Bonchev–Trinajstić information content (AvgIpc) is 2.78. The minimum Gasteiger partial charge on any atom is -0.508 e. The van der Waals surface area contributed by atoms with Crippen molar-refractivity contribution in [2.45, 2.75) is 37.9 Å². The third-order valence-corrected chi connectivity index (χ3v) is 5.12. The van der Waals surface area contributed by atoms with Crippen molar-refractivity contribution in [1.29, 1.82) is 0 Å². The Hall–Kier alpha value is -3.88. The van der Waals surface area contributed by atoms with Crippen LogP contribution in [0, 0.1) is 0 Å². The first-order valence-electron chi connectivity index (χ1n) is 10.3. The topological polar surface area (TPSA) is 137 Å². The van der Waals surface area contributed by atoms with E-state index in [2.05, 4.69) is 21.3 Å². The smallest absolute Gasteiger partial charge is 0.243 e. The molecule has 3 atom stereocenters. The van der Waals surface area contributed by atoms with E-state index < -0.39 is 41.8 Å². The third kappa shape index (κ3) is 6.31. The van der Waals surface area contributed by atoms with Crippen molar-refractivity contribution in [3.63, 3.8) is 0 Å². The Morgan fingerprint density at radius 3 is 1.97 bits per heavy atom. The summed E-state index contributed by atoms with van der Waals surface area (Å²) in [7, 11) is 0. The summed E-state index contributed by atoms with van der Waals surface area (Å²) in [4.78, 5) is 50.6. The molecule has 1 aliphatic heterocycles. The van der Waals surface area contributed by atoms with Gasteiger partial charge in [0.2, 0.25) is 23.6 Å². The Morgan fingerprint density at radius 1 is 0.750 bits per heavy atom. The molecule has 0 unspecified atom stereocenters. The molecule has 1 fully saturated rings. The summed E-state index contributed by atoms with van der Waals surface area (Å²) in [6, 6.07) is 12.6. The number of hydrogen-bond donors (Lipinski definition) is 5. The molecule has 9 nitrogen and oxygen atoms in total. The lowest BCUT2D eigenvalue weighted by molar-refractivity contribution is -0.135. The van der Waals surface area contributed by atoms with Crippen LogP contribution in [-0.2, 0) is 32.0 Å². The highest BCUT2D eigenvalue weighted by Crippen LogP contribution is 2.12. The number of benzene rings is 2. The highest BCUT2D eigenvalue weighted by Gasteiger charge is 2.30. The molecule has 0 aliphatic carbocycles. The highest BCUT2D eigenvalue weighted by molar-refractivity contribution is 5.96. The van der Waals surface area contributed by atoms with Gasteiger partial charge < -0.3 is 26.4 Å². The summed E-state index contributed by atoms with van der Waals surface area (Å²) in [5.74, 6) is -1.98. The fourth-order valence-corrected chi connectivity index (χ4v) is 3.35. The van der Waals surface area contributed by atoms with E-state index in [1.165, 1.54) is 19.1 Å². The lowest BCUT2D eigenvalue weighted by atomic mass is 10.0. The molecule has 4 amide bonds. The minimum atomic E-state index is -0.989. The maximum Gasteiger partial charge on any atom is 0.243 e. The number of rotatable bonds is 4. The Morgan fingerprint density at radius 2 is 1.31 bits per heavy atom. The number of aromatic hydroxyl groups is 1. The standard InChI is InChI=1S/C23H26N4O5/c1-14-21(30)24-13-20(29)26-18(11-15-5-3-2-4-6-15)23(32)27-19(22(31)25-14)12-16-7-9-17(28)10-8-16/h2-10,14,18-19,28H,11-13H2,1H3,(H,24,30)(H,25,31)(H,26,29)(H,27,32)/t14-,18-,19-/m0/s1. The second-order valence-electron chi connectivity index (χ2n) is 7.69. The molecule has 1 saturated heterocycles. The third-order valence-electron chi connectivity index (χ3n) is 5.12. The SMILES string of the molecule is C[C@@H]1NC(=O)[C@H](Cc2ccc(O)cc2)NC(=O)[C@H](Cc2ccccc2)NC(=O)CNC1=O. The largest absolute Gasteiger partial charge is 0.508 e. The molecule has 2 aromatic carbocycles. The molecular weight excluding hydrogens is 412 g/mol. The summed E-state index contributed by atoms with van der Waals surface area (Å²) in [6.45, 7) is 1.18. The predicted molar refractivity (Wildman–Crippen MR) is 116 cm³/mol. The van der Waals surface area contributed by atoms with E-state index in [-0.39, 0.29) is 25.1 Å². The molecule has 0 aromatic heterocycles. The van der Waals surface area contributed by atoms with Crippen LogP contribution in [0.5, 0.6) is 5.75 Å². The second kappa shape index (κ2) is 10.4. The van der Waals surface area contributed by atoms with Gasteiger partial charge in [-0.2, -0.15) is 0 Å². The first-order valence-corrected chi connectivity index (χ1v) is 10.3. The zero-order valence-corrected chi connectivity index (χ0v) is 17.6. The molecule has 0 bridgehead atoms. The van der Waals surface area contributed by atoms with Crippen LogP contribution in [-0.4, -0.2) is 53.4 Å². The number of amides is 4. The Balaban J connectivity index is 1.86. The predicted octanol–water partition coefficient (Wildman–Crippen LogP) is -0.218. The fourth-order valence-electron chi connectivity index (χ4n) is 3.35. The number of carbonyl (C=O) groups excluding carboxylic acids is 4. The van der Waals surface area contributed by atoms with E-state index in [0.29, 0.717) is 5.56 Å². The van der Waals surface area contributed by atoms with Gasteiger partial charge in [0.15, 0.2) is 0 Å². The summed E-state index contributed by atoms with van der Waals surface area (Å²) < 4.78 is 0. The van der Waals surface area contributed by atoms with Gasteiger partial charge in [0.1, 0.15) is 23.9 Å². The molecule has 9 heteroatoms. The second-order valence-corrected chi connectivity index (χ2v) is 7.69. The Labute approximate surface area is 185 Å². The molecule has 168 valence electrons. The monoisotopic (exact) mass is 438 g/mol. The first-order chi connectivity index (χ1) is 15.3. The van der Waals surface area contributed by atoms with Crippen LogP contribution in [0.4, 0.5) is 0 Å². The molecule has 2 aromatic rings. The van der Waals surface area contributed by atoms with Crippen molar-refractivity contribution in [1.82, 2.24) is 21.3 Å². The van der Waals surface area contributed by atoms with Gasteiger partial charge in [-0.05, 0) is 30.2 Å². The van der Waals surface area contributed by atoms with Gasteiger partial charge in [-0.25, -0.2) is 0 Å². The molecule has 0 radical (unpaired) electrons. The Kier molecular flexibility index (Phi) is 7.43. The maximum atomic E-state index is 13.1. The van der Waals surface area contributed by atoms with Crippen molar-refractivity contribution < 1.29 is 24.3 Å². The fraction of sp³-hybridized carbons (Fsp3) is 0.304. The minimum absolute atomic E-state index is 0.0804. The molecule has 32 heavy (non-hydrogen) atoms. The van der Waals surface area contributed by atoms with Crippen molar-refractivity contribution in [2.24, 2.45) is 0 Å². The summed E-state index contributed by atoms with van der Waals surface area (Å²) >= 11 is 0. The summed E-state index contributed by atoms with van der Waals surface area (Å²) in [5.41, 5.74) is 1.54. The highest BCUT2D eigenvalue weighted by atomic mass is 16.3. The van der Waals surface area contributed by atoms with Crippen molar-refractivity contribution in [3.8, 4) is 5.75 Å². The van der Waals surface area contributed by atoms with E-state index in [1.54, 1.807) is 12.1 Å². The van der Waals surface area contributed by atoms with Crippen LogP contribution in [0.1, 0.15) is 18.1 Å². The van der Waals surface area contributed by atoms with Crippen LogP contribution in [0.3, 0.4) is 0 Å². The maximum absolute atomic E-state index is 13.1. The molecule has 3 rings (SSSR count). The van der Waals surface area contributed by atoms with Crippen LogP contribution >= 0.6 is 0 Å². The van der Waals surface area contributed by atoms with Crippen molar-refractivity contribution >= 4 is 23.6 Å². The molecule has 0 spiro atoms. The van der Waals surface area contributed by atoms with E-state index >= 15 is 0 Å². The van der Waals surface area contributed by atoms with E-state index in [4.69, 9.17) is 0 Å². The van der Waals surface area contributed by atoms with E-state index in [9.17, 15) is 24.3 Å². The zero-order chi connectivity index (χ0) is 23.1. The zero-order valence-electron chi connectivity index (χ0n) is 17.6. The lowest BCUT2D eigenvalue weighted by Gasteiger charge is -2.26. The molecular formula is C23H26N4O5. The van der Waals surface area contributed by atoms with Gasteiger partial charge in [-0.3, -0.25) is 19.2 Å². The molecule has 5 N–H and O–H groups in total. The summed E-state index contributed by atoms with van der Waals surface area (Å²) in [6.07, 6.45) is 0.356. The number of phenols is 1. The van der Waals surface area contributed by atoms with Crippen molar-refractivity contribution in [2.75, 3.05) is 6.54 Å². The van der Waals surface area contributed by atoms with Gasteiger partial charge >= 0.3 is 0 Å². The van der Waals surface area contributed by atoms with Gasteiger partial charge in [0, 0.05) is 12.8 Å². The van der Waals surface area contributed by atoms with Gasteiger partial charge in [0.25, 0.3) is 0 Å². The van der Waals surface area contributed by atoms with Crippen molar-refractivity contribution in [3.05, 3.63) is 65.7 Å². The number of phenolic OH excluding ortho intramolecular Hbond substituents is 1. The summed E-state index contributed by atoms with van der Waals surface area (Å²) in [5, 5.41) is 19.9.